The summed E-state index contributed by atoms with van der Waals surface area (Å²) >= 11 is 0. The Morgan fingerprint density at radius 2 is 1.74 bits per heavy atom. The van der Waals surface area contributed by atoms with E-state index in [9.17, 15) is 4.79 Å². The SMILES string of the molecule is CN(C)C1=c2ccccc2=NC(N[C@H]2CC[C@@H](NCc3ccc(C(=O)O)cc3)CC2)N1. The molecule has 7 nitrogen and oxygen atoms in total. The van der Waals surface area contributed by atoms with Crippen molar-refractivity contribution >= 4 is 11.8 Å². The molecule has 0 radical (unpaired) electrons. The number of nitrogens with zero attached hydrogens (tertiary/aromatic N) is 2. The number of para-hydroxylation sites is 1. The molecule has 1 saturated carbocycles. The zero-order chi connectivity index (χ0) is 21.8. The summed E-state index contributed by atoms with van der Waals surface area (Å²) in [5.41, 5.74) is 1.44. The van der Waals surface area contributed by atoms with Crippen LogP contribution in [0.3, 0.4) is 0 Å². The van der Waals surface area contributed by atoms with Crippen LogP contribution in [0.5, 0.6) is 0 Å². The Kier molecular flexibility index (Phi) is 6.53. The Balaban J connectivity index is 1.28. The van der Waals surface area contributed by atoms with Crippen LogP contribution >= 0.6 is 0 Å². The molecule has 2 aromatic rings. The normalized spacial score (nSPS) is 22.8. The van der Waals surface area contributed by atoms with Gasteiger partial charge in [-0.1, -0.05) is 24.3 Å². The van der Waals surface area contributed by atoms with E-state index >= 15 is 0 Å². The van der Waals surface area contributed by atoms with E-state index in [-0.39, 0.29) is 6.29 Å². The second kappa shape index (κ2) is 9.49. The lowest BCUT2D eigenvalue weighted by Gasteiger charge is -2.34. The van der Waals surface area contributed by atoms with Gasteiger partial charge in [-0.15, -0.1) is 0 Å². The van der Waals surface area contributed by atoms with Gasteiger partial charge in [0, 0.05) is 37.9 Å². The van der Waals surface area contributed by atoms with Crippen molar-refractivity contribution in [2.45, 2.75) is 50.6 Å². The predicted molar refractivity (Wildman–Crippen MR) is 121 cm³/mol. The molecule has 7 heteroatoms. The van der Waals surface area contributed by atoms with Gasteiger partial charge in [-0.3, -0.25) is 5.32 Å². The summed E-state index contributed by atoms with van der Waals surface area (Å²) in [6, 6.07) is 16.3. The molecule has 1 aliphatic heterocycles. The lowest BCUT2D eigenvalue weighted by Crippen LogP contribution is -2.55. The van der Waals surface area contributed by atoms with Crippen LogP contribution in [0, 0.1) is 0 Å². The van der Waals surface area contributed by atoms with Gasteiger partial charge in [0.05, 0.1) is 10.9 Å². The number of nitrogens with one attached hydrogen (secondary N) is 3. The largest absolute Gasteiger partial charge is 0.478 e. The summed E-state index contributed by atoms with van der Waals surface area (Å²) in [7, 11) is 4.10. The fourth-order valence-electron chi connectivity index (χ4n) is 4.33. The van der Waals surface area contributed by atoms with Crippen molar-refractivity contribution in [1.82, 2.24) is 20.9 Å². The highest BCUT2D eigenvalue weighted by atomic mass is 16.4. The maximum Gasteiger partial charge on any atom is 0.335 e. The van der Waals surface area contributed by atoms with Gasteiger partial charge in [0.2, 0.25) is 0 Å². The molecule has 0 saturated heterocycles. The monoisotopic (exact) mass is 421 g/mol. The molecule has 31 heavy (non-hydrogen) atoms. The van der Waals surface area contributed by atoms with Crippen LogP contribution in [0.4, 0.5) is 0 Å². The first-order valence-electron chi connectivity index (χ1n) is 10.9. The number of hydrogen-bond acceptors (Lipinski definition) is 6. The fourth-order valence-corrected chi connectivity index (χ4v) is 4.33. The Bertz CT molecular complexity index is 1030. The zero-order valence-electron chi connectivity index (χ0n) is 18.1. The third-order valence-corrected chi connectivity index (χ3v) is 6.06. The van der Waals surface area contributed by atoms with E-state index in [1.165, 1.54) is 0 Å². The number of rotatable bonds is 7. The first kappa shape index (κ1) is 21.3. The number of carboxylic acids is 1. The van der Waals surface area contributed by atoms with E-state index in [1.807, 2.05) is 38.4 Å². The summed E-state index contributed by atoms with van der Waals surface area (Å²) in [4.78, 5) is 17.9. The first-order valence-corrected chi connectivity index (χ1v) is 10.9. The summed E-state index contributed by atoms with van der Waals surface area (Å²) in [6.45, 7) is 0.764. The van der Waals surface area contributed by atoms with E-state index in [2.05, 4.69) is 33.0 Å². The number of benzene rings is 2. The van der Waals surface area contributed by atoms with E-state index in [0.717, 1.165) is 54.2 Å². The maximum absolute atomic E-state index is 11.0. The molecule has 4 rings (SSSR count). The van der Waals surface area contributed by atoms with Crippen LogP contribution in [0.15, 0.2) is 53.5 Å². The molecule has 164 valence electrons. The second-order valence-electron chi connectivity index (χ2n) is 8.53. The average Bonchev–Trinajstić information content (AvgIpc) is 2.78. The van der Waals surface area contributed by atoms with E-state index in [0.29, 0.717) is 17.6 Å². The van der Waals surface area contributed by atoms with Gasteiger partial charge in [0.1, 0.15) is 5.82 Å². The molecule has 0 aromatic heterocycles. The molecule has 1 heterocycles. The van der Waals surface area contributed by atoms with Crippen LogP contribution in [0.2, 0.25) is 0 Å². The van der Waals surface area contributed by atoms with Gasteiger partial charge in [0.15, 0.2) is 6.29 Å². The highest BCUT2D eigenvalue weighted by Crippen LogP contribution is 2.20. The van der Waals surface area contributed by atoms with Gasteiger partial charge in [-0.05, 0) is 55.5 Å². The number of hydrogen-bond donors (Lipinski definition) is 4. The van der Waals surface area contributed by atoms with E-state index < -0.39 is 5.97 Å². The van der Waals surface area contributed by atoms with Crippen LogP contribution < -0.4 is 26.5 Å². The molecule has 1 aliphatic carbocycles. The third kappa shape index (κ3) is 5.24. The molecular formula is C24H31N5O2. The van der Waals surface area contributed by atoms with Gasteiger partial charge in [0.25, 0.3) is 0 Å². The highest BCUT2D eigenvalue weighted by molar-refractivity contribution is 5.87. The number of aromatic carboxylic acids is 1. The van der Waals surface area contributed by atoms with E-state index in [1.54, 1.807) is 12.1 Å². The van der Waals surface area contributed by atoms with Crippen molar-refractivity contribution in [1.29, 1.82) is 0 Å². The molecule has 0 spiro atoms. The molecule has 1 unspecified atom stereocenters. The lowest BCUT2D eigenvalue weighted by atomic mass is 9.91. The molecule has 0 bridgehead atoms. The minimum Gasteiger partial charge on any atom is -0.478 e. The number of fused-ring (bicyclic) bond motifs is 1. The highest BCUT2D eigenvalue weighted by Gasteiger charge is 2.24. The average molecular weight is 422 g/mol. The minimum atomic E-state index is -0.886. The number of carbonyl (C=O) groups is 1. The molecular weight excluding hydrogens is 390 g/mol. The second-order valence-corrected chi connectivity index (χ2v) is 8.53. The molecule has 0 amide bonds. The summed E-state index contributed by atoms with van der Waals surface area (Å²) in [5.74, 6) is 0.204. The Hall–Kier alpha value is -2.90. The summed E-state index contributed by atoms with van der Waals surface area (Å²) in [5, 5.41) is 22.0. The van der Waals surface area contributed by atoms with Crippen LogP contribution in [0.1, 0.15) is 41.6 Å². The van der Waals surface area contributed by atoms with E-state index in [4.69, 9.17) is 10.1 Å². The Morgan fingerprint density at radius 3 is 2.42 bits per heavy atom. The van der Waals surface area contributed by atoms with Crippen molar-refractivity contribution in [2.75, 3.05) is 14.1 Å². The molecule has 4 N–H and O–H groups in total. The van der Waals surface area contributed by atoms with Crippen molar-refractivity contribution in [3.8, 4) is 0 Å². The van der Waals surface area contributed by atoms with Crippen molar-refractivity contribution < 1.29 is 9.90 Å². The van der Waals surface area contributed by atoms with Gasteiger partial charge in [-0.25, -0.2) is 9.79 Å². The zero-order valence-corrected chi connectivity index (χ0v) is 18.1. The smallest absolute Gasteiger partial charge is 0.335 e. The summed E-state index contributed by atoms with van der Waals surface area (Å²) in [6.07, 6.45) is 4.30. The predicted octanol–water partition coefficient (Wildman–Crippen LogP) is 1.21. The quantitative estimate of drug-likeness (QED) is 0.538. The maximum atomic E-state index is 11.0. The third-order valence-electron chi connectivity index (χ3n) is 6.06. The first-order chi connectivity index (χ1) is 15.0. The fraction of sp³-hybridized carbons (Fsp3) is 0.417. The molecule has 1 atom stereocenters. The minimum absolute atomic E-state index is 0.116. The van der Waals surface area contributed by atoms with Crippen LogP contribution in [-0.2, 0) is 6.54 Å². The van der Waals surface area contributed by atoms with Gasteiger partial charge < -0.3 is 20.6 Å². The van der Waals surface area contributed by atoms with Gasteiger partial charge in [-0.2, -0.15) is 0 Å². The topological polar surface area (TPSA) is 89.0 Å². The van der Waals surface area contributed by atoms with Crippen molar-refractivity contribution in [2.24, 2.45) is 4.99 Å². The molecule has 2 aromatic carbocycles. The van der Waals surface area contributed by atoms with Crippen LogP contribution in [-0.4, -0.2) is 48.4 Å². The summed E-state index contributed by atoms with van der Waals surface area (Å²) < 4.78 is 0. The van der Waals surface area contributed by atoms with Crippen LogP contribution in [0.25, 0.3) is 5.82 Å². The molecule has 2 aliphatic rings. The Labute approximate surface area is 182 Å². The standard InChI is InChI=1S/C24H31N5O2/c1-29(2)22-20-5-3-4-6-21(20)27-24(28-22)26-19-13-11-18(12-14-19)25-15-16-7-9-17(10-8-16)23(30)31/h3-10,18-19,24-26,28H,11-15H2,1-2H3,(H,30,31)/t18-,19+,24?. The molecule has 1 fully saturated rings. The lowest BCUT2D eigenvalue weighted by molar-refractivity contribution is 0.0697. The van der Waals surface area contributed by atoms with Crippen molar-refractivity contribution in [3.63, 3.8) is 0 Å². The Morgan fingerprint density at radius 1 is 1.06 bits per heavy atom. The van der Waals surface area contributed by atoms with Gasteiger partial charge >= 0.3 is 5.97 Å². The number of carboxylic acid groups (broad SMARTS) is 1. The van der Waals surface area contributed by atoms with Crippen molar-refractivity contribution in [3.05, 3.63) is 70.2 Å².